The molecule has 1 heterocycles. The summed E-state index contributed by atoms with van der Waals surface area (Å²) in [6.45, 7) is 1.95. The number of nitrogens with one attached hydrogen (secondary N) is 1. The molecule has 0 amide bonds. The van der Waals surface area contributed by atoms with Crippen molar-refractivity contribution < 1.29 is 14.3 Å². The minimum atomic E-state index is -0.754. The summed E-state index contributed by atoms with van der Waals surface area (Å²) in [4.78, 5) is 25.0. The maximum atomic E-state index is 12.9. The third kappa shape index (κ3) is 3.42. The Labute approximate surface area is 150 Å². The highest BCUT2D eigenvalue weighted by Gasteiger charge is 2.41. The van der Waals surface area contributed by atoms with Gasteiger partial charge in [0.25, 0.3) is 0 Å². The van der Waals surface area contributed by atoms with E-state index < -0.39 is 17.9 Å². The summed E-state index contributed by atoms with van der Waals surface area (Å²) in [5.41, 5.74) is 5.37. The Bertz CT molecular complexity index is 829. The van der Waals surface area contributed by atoms with E-state index in [1.165, 1.54) is 7.11 Å². The van der Waals surface area contributed by atoms with Gasteiger partial charge in [-0.1, -0.05) is 53.6 Å². The summed E-state index contributed by atoms with van der Waals surface area (Å²) >= 11 is 5.95. The van der Waals surface area contributed by atoms with Gasteiger partial charge in [-0.3, -0.25) is 10.2 Å². The molecule has 0 unspecified atom stereocenters. The molecule has 3 rings (SSSR count). The van der Waals surface area contributed by atoms with Crippen LogP contribution in [0.5, 0.6) is 0 Å². The maximum absolute atomic E-state index is 12.9. The Morgan fingerprint density at radius 1 is 1.08 bits per heavy atom. The van der Waals surface area contributed by atoms with Crippen LogP contribution in [0.2, 0.25) is 5.02 Å². The van der Waals surface area contributed by atoms with Gasteiger partial charge >= 0.3 is 5.97 Å². The van der Waals surface area contributed by atoms with Gasteiger partial charge in [-0.2, -0.15) is 5.10 Å². The summed E-state index contributed by atoms with van der Waals surface area (Å²) in [7, 11) is 1.31. The fraction of sp³-hybridized carbons (Fsp3) is 0.211. The van der Waals surface area contributed by atoms with Crippen molar-refractivity contribution >= 4 is 29.1 Å². The number of carbonyl (C=O) groups excluding carboxylic acids is 2. The lowest BCUT2D eigenvalue weighted by molar-refractivity contribution is -0.143. The lowest BCUT2D eigenvalue weighted by Crippen LogP contribution is -2.38. The predicted molar refractivity (Wildman–Crippen MR) is 96.1 cm³/mol. The van der Waals surface area contributed by atoms with E-state index in [1.54, 1.807) is 36.4 Å². The number of aryl methyl sites for hydroxylation is 1. The zero-order chi connectivity index (χ0) is 18.0. The molecule has 128 valence electrons. The lowest BCUT2D eigenvalue weighted by Gasteiger charge is -2.19. The molecule has 1 aliphatic heterocycles. The fourth-order valence-electron chi connectivity index (χ4n) is 2.82. The molecule has 2 aromatic rings. The van der Waals surface area contributed by atoms with E-state index in [2.05, 4.69) is 10.5 Å². The largest absolute Gasteiger partial charge is 0.467 e. The molecular formula is C19H17ClN2O3. The van der Waals surface area contributed by atoms with Crippen LogP contribution in [0.25, 0.3) is 0 Å². The Hall–Kier alpha value is -2.66. The van der Waals surface area contributed by atoms with Crippen molar-refractivity contribution in [3.63, 3.8) is 0 Å². The molecular weight excluding hydrogens is 340 g/mol. The number of rotatable bonds is 4. The Morgan fingerprint density at radius 2 is 1.72 bits per heavy atom. The van der Waals surface area contributed by atoms with Gasteiger partial charge in [-0.15, -0.1) is 0 Å². The molecule has 2 atom stereocenters. The average molecular weight is 357 g/mol. The van der Waals surface area contributed by atoms with E-state index in [9.17, 15) is 9.59 Å². The molecule has 5 nitrogen and oxygen atoms in total. The monoisotopic (exact) mass is 356 g/mol. The minimum absolute atomic E-state index is 0.223. The Kier molecular flexibility index (Phi) is 4.86. The molecule has 0 aromatic heterocycles. The molecule has 0 saturated heterocycles. The summed E-state index contributed by atoms with van der Waals surface area (Å²) in [5, 5.41) is 4.72. The first kappa shape index (κ1) is 17.2. The van der Waals surface area contributed by atoms with Crippen molar-refractivity contribution in [2.45, 2.75) is 18.9 Å². The number of Topliss-reactive ketones (excluding diaryl/α,β-unsaturated/α-hetero) is 1. The van der Waals surface area contributed by atoms with Gasteiger partial charge < -0.3 is 4.74 Å². The summed E-state index contributed by atoms with van der Waals surface area (Å²) in [6.07, 6.45) is 0. The first-order valence-corrected chi connectivity index (χ1v) is 8.17. The normalized spacial score (nSPS) is 19.1. The van der Waals surface area contributed by atoms with Crippen LogP contribution in [0.1, 0.15) is 27.4 Å². The number of esters is 1. The van der Waals surface area contributed by atoms with Gasteiger partial charge in [0.05, 0.1) is 13.0 Å². The summed E-state index contributed by atoms with van der Waals surface area (Å²) < 4.78 is 4.85. The molecule has 6 heteroatoms. The number of hydrazone groups is 1. The quantitative estimate of drug-likeness (QED) is 0.675. The smallest absolute Gasteiger partial charge is 0.330 e. The van der Waals surface area contributed by atoms with Gasteiger partial charge in [0.1, 0.15) is 5.71 Å². The molecule has 1 aliphatic rings. The van der Waals surface area contributed by atoms with Gasteiger partial charge in [0.15, 0.2) is 6.04 Å². The van der Waals surface area contributed by atoms with Crippen LogP contribution in [0.4, 0.5) is 0 Å². The van der Waals surface area contributed by atoms with Gasteiger partial charge in [0, 0.05) is 10.6 Å². The number of methoxy groups -OCH3 is 1. The fourth-order valence-corrected chi connectivity index (χ4v) is 2.95. The number of benzene rings is 2. The van der Waals surface area contributed by atoms with Crippen LogP contribution in [0, 0.1) is 6.92 Å². The van der Waals surface area contributed by atoms with Crippen molar-refractivity contribution in [3.8, 4) is 0 Å². The van der Waals surface area contributed by atoms with Crippen LogP contribution >= 0.6 is 11.6 Å². The van der Waals surface area contributed by atoms with Gasteiger partial charge in [-0.05, 0) is 24.6 Å². The highest BCUT2D eigenvalue weighted by molar-refractivity contribution is 6.48. The molecule has 0 fully saturated rings. The molecule has 0 bridgehead atoms. The third-order valence-electron chi connectivity index (χ3n) is 4.18. The number of ether oxygens (including phenoxy) is 1. The zero-order valence-electron chi connectivity index (χ0n) is 13.8. The topological polar surface area (TPSA) is 67.8 Å². The highest BCUT2D eigenvalue weighted by atomic mass is 35.5. The van der Waals surface area contributed by atoms with Crippen LogP contribution in [-0.4, -0.2) is 30.6 Å². The van der Waals surface area contributed by atoms with E-state index in [-0.39, 0.29) is 11.5 Å². The van der Waals surface area contributed by atoms with Crippen LogP contribution in [0.3, 0.4) is 0 Å². The standard InChI is InChI=1S/C19H17ClN2O3/c1-11-3-5-13(6-4-11)18(23)16-15(12-7-9-14(20)10-8-12)17(22-21-16)19(24)25-2/h3-10,15,17,22H,1-2H3/t15-,17+/m1/s1. The average Bonchev–Trinajstić information content (AvgIpc) is 3.06. The van der Waals surface area contributed by atoms with Crippen molar-refractivity contribution in [1.29, 1.82) is 0 Å². The second-order valence-corrected chi connectivity index (χ2v) is 6.29. The maximum Gasteiger partial charge on any atom is 0.330 e. The third-order valence-corrected chi connectivity index (χ3v) is 4.43. The lowest BCUT2D eigenvalue weighted by atomic mass is 9.85. The molecule has 0 saturated carbocycles. The van der Waals surface area contributed by atoms with Crippen molar-refractivity contribution in [2.75, 3.05) is 7.11 Å². The predicted octanol–water partition coefficient (Wildman–Crippen LogP) is 3.12. The number of ketones is 1. The number of carbonyl (C=O) groups is 2. The Morgan fingerprint density at radius 3 is 2.32 bits per heavy atom. The second kappa shape index (κ2) is 7.07. The van der Waals surface area contributed by atoms with Crippen molar-refractivity contribution in [3.05, 3.63) is 70.2 Å². The van der Waals surface area contributed by atoms with E-state index in [0.29, 0.717) is 10.6 Å². The molecule has 0 spiro atoms. The molecule has 0 radical (unpaired) electrons. The zero-order valence-corrected chi connectivity index (χ0v) is 14.6. The van der Waals surface area contributed by atoms with E-state index in [4.69, 9.17) is 16.3 Å². The molecule has 25 heavy (non-hydrogen) atoms. The number of halogens is 1. The minimum Gasteiger partial charge on any atom is -0.467 e. The summed E-state index contributed by atoms with van der Waals surface area (Å²) in [6, 6.07) is 13.5. The Balaban J connectivity index is 1.99. The van der Waals surface area contributed by atoms with Crippen LogP contribution in [-0.2, 0) is 9.53 Å². The first-order chi connectivity index (χ1) is 12.0. The molecule has 0 aliphatic carbocycles. The second-order valence-electron chi connectivity index (χ2n) is 5.85. The van der Waals surface area contributed by atoms with Crippen LogP contribution in [0.15, 0.2) is 53.6 Å². The van der Waals surface area contributed by atoms with E-state index in [0.717, 1.165) is 11.1 Å². The number of hydrogen-bond acceptors (Lipinski definition) is 5. The number of hydrogen-bond donors (Lipinski definition) is 1. The van der Waals surface area contributed by atoms with Gasteiger partial charge in [0.2, 0.25) is 5.78 Å². The van der Waals surface area contributed by atoms with E-state index in [1.807, 2.05) is 19.1 Å². The van der Waals surface area contributed by atoms with Crippen LogP contribution < -0.4 is 5.43 Å². The SMILES string of the molecule is COC(=O)[C@H]1NN=C(C(=O)c2ccc(C)cc2)[C@H]1c1ccc(Cl)cc1. The molecule has 1 N–H and O–H groups in total. The molecule has 2 aromatic carbocycles. The van der Waals surface area contributed by atoms with E-state index >= 15 is 0 Å². The van der Waals surface area contributed by atoms with Gasteiger partial charge in [-0.25, -0.2) is 4.79 Å². The number of nitrogens with zero attached hydrogens (tertiary/aromatic N) is 1. The highest BCUT2D eigenvalue weighted by Crippen LogP contribution is 2.29. The summed E-state index contributed by atoms with van der Waals surface area (Å²) in [5.74, 6) is -1.24. The van der Waals surface area contributed by atoms with Crippen molar-refractivity contribution in [2.24, 2.45) is 5.10 Å². The first-order valence-electron chi connectivity index (χ1n) is 7.79. The van der Waals surface area contributed by atoms with Crippen molar-refractivity contribution in [1.82, 2.24) is 5.43 Å².